The quantitative estimate of drug-likeness (QED) is 0.591. The third-order valence-electron chi connectivity index (χ3n) is 5.16. The minimum atomic E-state index is -1.10. The Bertz CT molecular complexity index is 544. The van der Waals surface area contributed by atoms with E-state index in [2.05, 4.69) is 0 Å². The Morgan fingerprint density at radius 3 is 2.64 bits per heavy atom. The van der Waals surface area contributed by atoms with Crippen molar-refractivity contribution in [3.05, 3.63) is 11.3 Å². The number of carboxylic acid groups (broad SMARTS) is 1. The summed E-state index contributed by atoms with van der Waals surface area (Å²) in [5.74, 6) is -2.02. The maximum Gasteiger partial charge on any atom is 0.352 e. The molecule has 122 valence electrons. The van der Waals surface area contributed by atoms with Gasteiger partial charge in [-0.3, -0.25) is 9.69 Å². The largest absolute Gasteiger partial charge is 0.477 e. The molecule has 22 heavy (non-hydrogen) atoms. The van der Waals surface area contributed by atoms with Gasteiger partial charge < -0.3 is 20.2 Å². The smallest absolute Gasteiger partial charge is 0.352 e. The minimum Gasteiger partial charge on any atom is -0.477 e. The monoisotopic (exact) mass is 310 g/mol. The molecule has 0 saturated carbocycles. The Morgan fingerprint density at radius 2 is 2.14 bits per heavy atom. The van der Waals surface area contributed by atoms with E-state index in [9.17, 15) is 24.9 Å². The fraction of sp³-hybridized carbons (Fsp3) is 0.733. The Balaban J connectivity index is 1.87. The lowest BCUT2D eigenvalue weighted by Gasteiger charge is -2.46. The zero-order chi connectivity index (χ0) is 16.2. The molecular weight excluding hydrogens is 288 g/mol. The van der Waals surface area contributed by atoms with E-state index < -0.39 is 18.0 Å². The molecule has 0 aliphatic carbocycles. The van der Waals surface area contributed by atoms with Gasteiger partial charge in [-0.1, -0.05) is 6.92 Å². The summed E-state index contributed by atoms with van der Waals surface area (Å²) in [4.78, 5) is 27.2. The molecule has 3 N–H and O–H groups in total. The highest BCUT2D eigenvalue weighted by Gasteiger charge is 2.59. The number of nitrogens with zero attached hydrogens (tertiary/aromatic N) is 2. The number of likely N-dealkylation sites (tertiary alicyclic amines) is 1. The van der Waals surface area contributed by atoms with Crippen molar-refractivity contribution in [2.45, 2.75) is 38.5 Å². The van der Waals surface area contributed by atoms with Gasteiger partial charge in [0.2, 0.25) is 5.91 Å². The van der Waals surface area contributed by atoms with Crippen LogP contribution in [-0.4, -0.2) is 74.9 Å². The van der Waals surface area contributed by atoms with Gasteiger partial charge in [-0.05, 0) is 18.9 Å². The van der Waals surface area contributed by atoms with E-state index in [1.165, 1.54) is 4.90 Å². The molecule has 0 radical (unpaired) electrons. The average Bonchev–Trinajstić information content (AvgIpc) is 2.92. The first-order valence-electron chi connectivity index (χ1n) is 7.70. The van der Waals surface area contributed by atoms with E-state index in [0.29, 0.717) is 19.5 Å². The number of hydrogen-bond acceptors (Lipinski definition) is 5. The lowest BCUT2D eigenvalue weighted by atomic mass is 9.77. The van der Waals surface area contributed by atoms with Crippen LogP contribution in [-0.2, 0) is 9.59 Å². The summed E-state index contributed by atoms with van der Waals surface area (Å²) in [6, 6.07) is -0.263. The van der Waals surface area contributed by atoms with E-state index in [1.54, 1.807) is 6.92 Å². The summed E-state index contributed by atoms with van der Waals surface area (Å²) in [6.45, 7) is 5.19. The van der Waals surface area contributed by atoms with Gasteiger partial charge in [0, 0.05) is 25.6 Å². The molecule has 3 rings (SSSR count). The number of amides is 1. The molecule has 0 unspecified atom stereocenters. The van der Waals surface area contributed by atoms with Crippen molar-refractivity contribution in [1.29, 1.82) is 0 Å². The van der Waals surface area contributed by atoms with Crippen LogP contribution in [0, 0.1) is 11.8 Å². The second-order valence-electron chi connectivity index (χ2n) is 6.61. The summed E-state index contributed by atoms with van der Waals surface area (Å²) < 4.78 is 0. The van der Waals surface area contributed by atoms with E-state index in [4.69, 9.17) is 0 Å². The first-order chi connectivity index (χ1) is 10.3. The van der Waals surface area contributed by atoms with E-state index in [0.717, 1.165) is 12.1 Å². The van der Waals surface area contributed by atoms with E-state index in [-0.39, 0.29) is 29.7 Å². The molecule has 3 aliphatic heterocycles. The highest BCUT2D eigenvalue weighted by atomic mass is 16.4. The predicted molar refractivity (Wildman–Crippen MR) is 76.7 cm³/mol. The molecule has 0 aromatic heterocycles. The van der Waals surface area contributed by atoms with E-state index in [1.807, 2.05) is 11.8 Å². The molecule has 5 atom stereocenters. The van der Waals surface area contributed by atoms with Crippen molar-refractivity contribution < 1.29 is 24.9 Å². The van der Waals surface area contributed by atoms with Crippen molar-refractivity contribution in [2.75, 3.05) is 19.6 Å². The molecule has 1 amide bonds. The van der Waals surface area contributed by atoms with Crippen molar-refractivity contribution in [2.24, 2.45) is 11.8 Å². The molecule has 0 aromatic rings. The number of hydrogen-bond donors (Lipinski definition) is 3. The number of carbonyl (C=O) groups is 2. The lowest BCUT2D eigenvalue weighted by molar-refractivity contribution is -0.163. The Labute approximate surface area is 128 Å². The third kappa shape index (κ3) is 2.15. The summed E-state index contributed by atoms with van der Waals surface area (Å²) >= 11 is 0. The van der Waals surface area contributed by atoms with Crippen LogP contribution in [0.25, 0.3) is 0 Å². The zero-order valence-electron chi connectivity index (χ0n) is 12.8. The lowest BCUT2D eigenvalue weighted by Crippen LogP contribution is -2.63. The molecule has 2 fully saturated rings. The molecular formula is C15H22N2O5. The Morgan fingerprint density at radius 1 is 1.45 bits per heavy atom. The van der Waals surface area contributed by atoms with Crippen LogP contribution >= 0.6 is 0 Å². The molecule has 3 aliphatic rings. The average molecular weight is 310 g/mol. The Hall–Kier alpha value is -1.44. The van der Waals surface area contributed by atoms with Crippen molar-refractivity contribution in [1.82, 2.24) is 9.80 Å². The number of β-amino-alcohol motifs (C(OH)–C–C–N with tert-alkyl or cyclic N) is 1. The van der Waals surface area contributed by atoms with Crippen molar-refractivity contribution in [3.63, 3.8) is 0 Å². The highest BCUT2D eigenvalue weighted by Crippen LogP contribution is 2.47. The number of aliphatic hydroxyl groups is 2. The zero-order valence-corrected chi connectivity index (χ0v) is 12.8. The molecule has 7 nitrogen and oxygen atoms in total. The van der Waals surface area contributed by atoms with Crippen molar-refractivity contribution in [3.8, 4) is 0 Å². The van der Waals surface area contributed by atoms with Crippen LogP contribution in [0.15, 0.2) is 11.3 Å². The van der Waals surface area contributed by atoms with Crippen LogP contribution in [0.3, 0.4) is 0 Å². The topological polar surface area (TPSA) is 101 Å². The van der Waals surface area contributed by atoms with Crippen molar-refractivity contribution >= 4 is 11.9 Å². The number of β-lactam (4-membered cyclic amide) rings is 1. The normalized spacial score (nSPS) is 36.5. The van der Waals surface area contributed by atoms with Gasteiger partial charge in [-0.25, -0.2) is 4.79 Å². The van der Waals surface area contributed by atoms with E-state index >= 15 is 0 Å². The maximum absolute atomic E-state index is 12.2. The molecule has 0 aromatic carbocycles. The number of aliphatic carboxylic acids is 1. The number of carboxylic acids is 1. The van der Waals surface area contributed by atoms with Crippen LogP contribution in [0.4, 0.5) is 0 Å². The van der Waals surface area contributed by atoms with Crippen LogP contribution in [0.1, 0.15) is 20.3 Å². The van der Waals surface area contributed by atoms with Gasteiger partial charge in [-0.2, -0.15) is 0 Å². The van der Waals surface area contributed by atoms with Crippen LogP contribution < -0.4 is 0 Å². The summed E-state index contributed by atoms with van der Waals surface area (Å²) in [5, 5.41) is 28.9. The van der Waals surface area contributed by atoms with Crippen LogP contribution in [0.2, 0.25) is 0 Å². The van der Waals surface area contributed by atoms with Gasteiger partial charge in [0.25, 0.3) is 0 Å². The fourth-order valence-corrected chi connectivity index (χ4v) is 4.05. The molecule has 7 heteroatoms. The van der Waals surface area contributed by atoms with Gasteiger partial charge in [0.05, 0.1) is 24.2 Å². The summed E-state index contributed by atoms with van der Waals surface area (Å²) in [5.41, 5.74) is 0.795. The fourth-order valence-electron chi connectivity index (χ4n) is 4.05. The summed E-state index contributed by atoms with van der Waals surface area (Å²) in [6.07, 6.45) is -0.458. The predicted octanol–water partition coefficient (Wildman–Crippen LogP) is -0.751. The number of fused-ring (bicyclic) bond motifs is 1. The number of rotatable bonds is 4. The minimum absolute atomic E-state index is 0.0702. The van der Waals surface area contributed by atoms with Gasteiger partial charge in [-0.15, -0.1) is 0 Å². The third-order valence-corrected chi connectivity index (χ3v) is 5.16. The molecule has 3 heterocycles. The first-order valence-corrected chi connectivity index (χ1v) is 7.70. The van der Waals surface area contributed by atoms with Gasteiger partial charge >= 0.3 is 5.97 Å². The van der Waals surface area contributed by atoms with Gasteiger partial charge in [0.15, 0.2) is 0 Å². The number of carbonyl (C=O) groups excluding carboxylic acids is 1. The molecule has 0 bridgehead atoms. The first kappa shape index (κ1) is 15.5. The Kier molecular flexibility index (Phi) is 3.74. The molecule has 2 saturated heterocycles. The van der Waals surface area contributed by atoms with Crippen LogP contribution in [0.5, 0.6) is 0 Å². The molecule has 0 spiro atoms. The highest BCUT2D eigenvalue weighted by molar-refractivity contribution is 6.00. The second-order valence-corrected chi connectivity index (χ2v) is 6.61. The SMILES string of the molecule is C[C@@H](O)[C@H]1C(=O)N2C(C(=O)O)=C(CN3CC[C@H](O)C3)[C@H](C)[C@H]12. The maximum atomic E-state index is 12.2. The standard InChI is InChI=1S/C15H22N2O5/c1-7-10(6-16-4-3-9(19)5-16)13(15(21)22)17-12(7)11(8(2)18)14(17)20/h7-9,11-12,18-19H,3-6H2,1-2H3,(H,21,22)/t7-,8+,9-,11+,12+/m0/s1. The second kappa shape index (κ2) is 5.33. The number of aliphatic hydroxyl groups excluding tert-OH is 2. The van der Waals surface area contributed by atoms with Gasteiger partial charge in [0.1, 0.15) is 5.70 Å². The summed E-state index contributed by atoms with van der Waals surface area (Å²) in [7, 11) is 0.